The predicted octanol–water partition coefficient (Wildman–Crippen LogP) is 0.973. The van der Waals surface area contributed by atoms with Crippen molar-refractivity contribution in [3.05, 3.63) is 23.8 Å². The molecule has 1 aromatic carbocycles. The van der Waals surface area contributed by atoms with Crippen LogP contribution >= 0.6 is 0 Å². The Kier molecular flexibility index (Phi) is 6.49. The van der Waals surface area contributed by atoms with Gasteiger partial charge in [0.2, 0.25) is 0 Å². The first-order chi connectivity index (χ1) is 8.74. The zero-order valence-electron chi connectivity index (χ0n) is 11.1. The lowest BCUT2D eigenvalue weighted by atomic mass is 10.1. The molecule has 0 saturated carbocycles. The van der Waals surface area contributed by atoms with Crippen LogP contribution in [0.5, 0.6) is 11.5 Å². The monoisotopic (exact) mass is 255 g/mol. The molecule has 0 radical (unpaired) electrons. The van der Waals surface area contributed by atoms with Gasteiger partial charge in [0.15, 0.2) is 11.5 Å². The van der Waals surface area contributed by atoms with Crippen molar-refractivity contribution in [2.24, 2.45) is 0 Å². The van der Waals surface area contributed by atoms with E-state index >= 15 is 0 Å². The average Bonchev–Trinajstić information content (AvgIpc) is 2.42. The summed E-state index contributed by atoms with van der Waals surface area (Å²) in [5.41, 5.74) is 0.710. The van der Waals surface area contributed by atoms with Crippen molar-refractivity contribution >= 4 is 0 Å². The second-order valence-electron chi connectivity index (χ2n) is 3.80. The maximum Gasteiger partial charge on any atom is 0.166 e. The van der Waals surface area contributed by atoms with Crippen LogP contribution in [0.15, 0.2) is 18.2 Å². The number of hydrogen-bond acceptors (Lipinski definition) is 5. The van der Waals surface area contributed by atoms with Crippen LogP contribution in [0.4, 0.5) is 0 Å². The Hall–Kier alpha value is -1.30. The summed E-state index contributed by atoms with van der Waals surface area (Å²) < 4.78 is 15.4. The fraction of sp³-hybridized carbons (Fsp3) is 0.538. The van der Waals surface area contributed by atoms with Crippen LogP contribution < -0.4 is 14.8 Å². The van der Waals surface area contributed by atoms with E-state index < -0.39 is 6.10 Å². The molecule has 2 N–H and O–H groups in total. The summed E-state index contributed by atoms with van der Waals surface area (Å²) in [5.74, 6) is 1.19. The fourth-order valence-electron chi connectivity index (χ4n) is 1.70. The third kappa shape index (κ3) is 3.87. The topological polar surface area (TPSA) is 60.0 Å². The number of benzene rings is 1. The largest absolute Gasteiger partial charge is 0.493 e. The molecule has 5 heteroatoms. The van der Waals surface area contributed by atoms with Gasteiger partial charge in [-0.1, -0.05) is 12.1 Å². The second kappa shape index (κ2) is 7.92. The summed E-state index contributed by atoms with van der Waals surface area (Å²) in [6.07, 6.45) is -0.646. The SMILES string of the molecule is COCCNCC(O)c1cccc(OC)c1OC. The fourth-order valence-corrected chi connectivity index (χ4v) is 1.70. The molecule has 0 heterocycles. The van der Waals surface area contributed by atoms with Crippen LogP contribution in [0.3, 0.4) is 0 Å². The Morgan fingerprint density at radius 3 is 2.61 bits per heavy atom. The number of hydrogen-bond donors (Lipinski definition) is 2. The van der Waals surface area contributed by atoms with E-state index in [1.54, 1.807) is 27.4 Å². The first-order valence-corrected chi connectivity index (χ1v) is 5.83. The molecule has 0 aliphatic heterocycles. The van der Waals surface area contributed by atoms with E-state index in [0.717, 1.165) is 0 Å². The summed E-state index contributed by atoms with van der Waals surface area (Å²) >= 11 is 0. The van der Waals surface area contributed by atoms with E-state index in [4.69, 9.17) is 14.2 Å². The van der Waals surface area contributed by atoms with Crippen molar-refractivity contribution in [1.29, 1.82) is 0 Å². The minimum Gasteiger partial charge on any atom is -0.493 e. The maximum atomic E-state index is 10.1. The maximum absolute atomic E-state index is 10.1. The number of para-hydroxylation sites is 1. The number of rotatable bonds is 8. The smallest absolute Gasteiger partial charge is 0.166 e. The van der Waals surface area contributed by atoms with Crippen LogP contribution in [-0.4, -0.2) is 46.1 Å². The summed E-state index contributed by atoms with van der Waals surface area (Å²) in [4.78, 5) is 0. The Morgan fingerprint density at radius 2 is 2.00 bits per heavy atom. The highest BCUT2D eigenvalue weighted by atomic mass is 16.5. The number of aliphatic hydroxyl groups excluding tert-OH is 1. The standard InChI is InChI=1S/C13H21NO4/c1-16-8-7-14-9-11(15)10-5-4-6-12(17-2)13(10)18-3/h4-6,11,14-15H,7-9H2,1-3H3. The summed E-state index contributed by atoms with van der Waals surface area (Å²) in [5, 5.41) is 13.2. The molecule has 0 aliphatic rings. The van der Waals surface area contributed by atoms with Crippen molar-refractivity contribution in [1.82, 2.24) is 5.32 Å². The van der Waals surface area contributed by atoms with Gasteiger partial charge >= 0.3 is 0 Å². The van der Waals surface area contributed by atoms with Crippen molar-refractivity contribution < 1.29 is 19.3 Å². The zero-order valence-corrected chi connectivity index (χ0v) is 11.1. The first kappa shape index (κ1) is 14.8. The lowest BCUT2D eigenvalue weighted by Crippen LogP contribution is -2.25. The highest BCUT2D eigenvalue weighted by molar-refractivity contribution is 5.47. The molecule has 1 aromatic rings. The van der Waals surface area contributed by atoms with Gasteiger partial charge in [0.05, 0.1) is 26.9 Å². The van der Waals surface area contributed by atoms with Crippen LogP contribution in [-0.2, 0) is 4.74 Å². The Balaban J connectivity index is 2.69. The predicted molar refractivity (Wildman–Crippen MR) is 69.3 cm³/mol. The normalized spacial score (nSPS) is 12.2. The van der Waals surface area contributed by atoms with Gasteiger partial charge < -0.3 is 24.6 Å². The van der Waals surface area contributed by atoms with Gasteiger partial charge in [-0.3, -0.25) is 0 Å². The van der Waals surface area contributed by atoms with Crippen molar-refractivity contribution in [3.8, 4) is 11.5 Å². The molecule has 0 aromatic heterocycles. The minimum absolute atomic E-state index is 0.437. The molecule has 102 valence electrons. The Labute approximate surface area is 108 Å². The van der Waals surface area contributed by atoms with E-state index in [1.807, 2.05) is 12.1 Å². The van der Waals surface area contributed by atoms with Crippen molar-refractivity contribution in [3.63, 3.8) is 0 Å². The van der Waals surface area contributed by atoms with Gasteiger partial charge in [0, 0.05) is 25.8 Å². The summed E-state index contributed by atoms with van der Waals surface area (Å²) in [6, 6.07) is 5.45. The number of ether oxygens (including phenoxy) is 3. The lowest BCUT2D eigenvalue weighted by Gasteiger charge is -2.17. The molecular weight excluding hydrogens is 234 g/mol. The highest BCUT2D eigenvalue weighted by Gasteiger charge is 2.16. The molecule has 0 amide bonds. The number of nitrogens with one attached hydrogen (secondary N) is 1. The molecule has 0 saturated heterocycles. The van der Waals surface area contributed by atoms with E-state index in [9.17, 15) is 5.11 Å². The molecule has 18 heavy (non-hydrogen) atoms. The van der Waals surface area contributed by atoms with Crippen molar-refractivity contribution in [2.75, 3.05) is 41.0 Å². The Bertz CT molecular complexity index is 357. The number of methoxy groups -OCH3 is 3. The van der Waals surface area contributed by atoms with E-state index in [0.29, 0.717) is 36.8 Å². The molecule has 0 spiro atoms. The molecule has 1 rings (SSSR count). The molecule has 5 nitrogen and oxygen atoms in total. The number of aliphatic hydroxyl groups is 1. The summed E-state index contributed by atoms with van der Waals surface area (Å²) in [6.45, 7) is 1.74. The first-order valence-electron chi connectivity index (χ1n) is 5.83. The Morgan fingerprint density at radius 1 is 1.22 bits per heavy atom. The van der Waals surface area contributed by atoms with Crippen molar-refractivity contribution in [2.45, 2.75) is 6.10 Å². The molecular formula is C13H21NO4. The minimum atomic E-state index is -0.646. The third-order valence-corrected chi connectivity index (χ3v) is 2.61. The summed E-state index contributed by atoms with van der Waals surface area (Å²) in [7, 11) is 4.78. The second-order valence-corrected chi connectivity index (χ2v) is 3.80. The molecule has 1 unspecified atom stereocenters. The van der Waals surface area contributed by atoms with E-state index in [-0.39, 0.29) is 0 Å². The van der Waals surface area contributed by atoms with Gasteiger partial charge in [0.25, 0.3) is 0 Å². The molecule has 0 fully saturated rings. The van der Waals surface area contributed by atoms with E-state index in [2.05, 4.69) is 5.32 Å². The average molecular weight is 255 g/mol. The van der Waals surface area contributed by atoms with Crippen LogP contribution in [0.25, 0.3) is 0 Å². The van der Waals surface area contributed by atoms with Gasteiger partial charge in [-0.15, -0.1) is 0 Å². The van der Waals surface area contributed by atoms with Gasteiger partial charge in [-0.2, -0.15) is 0 Å². The highest BCUT2D eigenvalue weighted by Crippen LogP contribution is 2.34. The molecule has 0 aliphatic carbocycles. The van der Waals surface area contributed by atoms with Crippen LogP contribution in [0.2, 0.25) is 0 Å². The van der Waals surface area contributed by atoms with Crippen LogP contribution in [0.1, 0.15) is 11.7 Å². The zero-order chi connectivity index (χ0) is 13.4. The molecule has 0 bridgehead atoms. The third-order valence-electron chi connectivity index (χ3n) is 2.61. The van der Waals surface area contributed by atoms with Gasteiger partial charge in [-0.05, 0) is 6.07 Å². The quantitative estimate of drug-likeness (QED) is 0.678. The van der Waals surface area contributed by atoms with E-state index in [1.165, 1.54) is 0 Å². The van der Waals surface area contributed by atoms with Crippen LogP contribution in [0, 0.1) is 0 Å². The van der Waals surface area contributed by atoms with Gasteiger partial charge in [-0.25, -0.2) is 0 Å². The van der Waals surface area contributed by atoms with Gasteiger partial charge in [0.1, 0.15) is 0 Å². The molecule has 1 atom stereocenters. The lowest BCUT2D eigenvalue weighted by molar-refractivity contribution is 0.158.